The third kappa shape index (κ3) is 6.13. The van der Waals surface area contributed by atoms with Crippen molar-refractivity contribution in [3.05, 3.63) is 141 Å². The summed E-state index contributed by atoms with van der Waals surface area (Å²) in [5.41, 5.74) is 17.7. The molecule has 51 heavy (non-hydrogen) atoms. The van der Waals surface area contributed by atoms with Crippen LogP contribution in [0.1, 0.15) is 108 Å². The van der Waals surface area contributed by atoms with E-state index in [0.29, 0.717) is 5.92 Å². The molecule has 2 unspecified atom stereocenters. The number of rotatable bonds is 6. The molecule has 0 nitrogen and oxygen atoms in total. The van der Waals surface area contributed by atoms with Crippen LogP contribution in [-0.4, -0.2) is 5.92 Å². The van der Waals surface area contributed by atoms with E-state index in [0.717, 1.165) is 12.8 Å². The summed E-state index contributed by atoms with van der Waals surface area (Å²) in [4.78, 5) is 0. The van der Waals surface area contributed by atoms with E-state index in [1.807, 2.05) is 0 Å². The van der Waals surface area contributed by atoms with Crippen LogP contribution in [0, 0.1) is 12.8 Å². The van der Waals surface area contributed by atoms with Crippen molar-refractivity contribution in [1.29, 1.82) is 0 Å². The fraction of sp³-hybridized carbons (Fsp3) is 0.362. The second kappa shape index (κ2) is 13.0. The van der Waals surface area contributed by atoms with Crippen molar-refractivity contribution in [3.63, 3.8) is 0 Å². The molecule has 0 aromatic heterocycles. The zero-order valence-corrected chi connectivity index (χ0v) is 37.4. The molecule has 2 atom stereocenters. The number of fused-ring (bicyclic) bond motifs is 2. The summed E-state index contributed by atoms with van der Waals surface area (Å²) in [6, 6.07) is 30.1. The molecule has 0 spiro atoms. The van der Waals surface area contributed by atoms with Gasteiger partial charge in [0, 0.05) is 0 Å². The molecule has 4 heteroatoms. The molecule has 0 saturated carbocycles. The Bertz CT molecular complexity index is 2090. The molecule has 3 aliphatic rings. The zero-order valence-electron chi connectivity index (χ0n) is 32.3. The summed E-state index contributed by atoms with van der Waals surface area (Å²) < 4.78 is 0.164. The summed E-state index contributed by atoms with van der Waals surface area (Å²) in [6.07, 6.45) is 11.9. The Morgan fingerprint density at radius 3 is 1.67 bits per heavy atom. The SMILES string of the molecule is CC1=Cc2c(-c3ccc(C(C)(C)C)cc3)ccc(C)c2[CH]1[Zr]([Cl])([Cl])([CH]1C(C2CC=CC2)=Cc2c(-c3ccc(C(C)(C)C)cc3)cccc21)[SiH](C)C. The quantitative estimate of drug-likeness (QED) is 0.134. The van der Waals surface area contributed by atoms with Gasteiger partial charge >= 0.3 is 319 Å². The summed E-state index contributed by atoms with van der Waals surface area (Å²) in [7, 11) is 17.6. The number of hydrogen-bond acceptors (Lipinski definition) is 0. The van der Waals surface area contributed by atoms with Crippen molar-refractivity contribution < 1.29 is 15.6 Å². The van der Waals surface area contributed by atoms with Crippen LogP contribution in [0.5, 0.6) is 0 Å². The van der Waals surface area contributed by atoms with Crippen molar-refractivity contribution in [1.82, 2.24) is 0 Å². The van der Waals surface area contributed by atoms with Gasteiger partial charge < -0.3 is 0 Å². The number of aryl methyl sites for hydroxylation is 1. The molecule has 0 fully saturated rings. The summed E-state index contributed by atoms with van der Waals surface area (Å²) in [5, 5.41) is 0. The molecule has 0 radical (unpaired) electrons. The molecule has 7 rings (SSSR count). The van der Waals surface area contributed by atoms with E-state index >= 15 is 0 Å². The predicted octanol–water partition coefficient (Wildman–Crippen LogP) is 14.5. The summed E-state index contributed by atoms with van der Waals surface area (Å²) in [6.45, 7) is 23.2. The Morgan fingerprint density at radius 1 is 0.627 bits per heavy atom. The third-order valence-corrected chi connectivity index (χ3v) is 64.4. The van der Waals surface area contributed by atoms with Gasteiger partial charge in [-0.3, -0.25) is 0 Å². The van der Waals surface area contributed by atoms with Crippen LogP contribution in [0.2, 0.25) is 13.1 Å². The number of hydrogen-bond donors (Lipinski definition) is 0. The van der Waals surface area contributed by atoms with Gasteiger partial charge in [0.15, 0.2) is 0 Å². The fourth-order valence-corrected chi connectivity index (χ4v) is 41.5. The zero-order chi connectivity index (χ0) is 36.7. The molecule has 0 heterocycles. The van der Waals surface area contributed by atoms with Gasteiger partial charge in [-0.05, 0) is 0 Å². The van der Waals surface area contributed by atoms with Crippen molar-refractivity contribution in [2.75, 3.05) is 0 Å². The fourth-order valence-electron chi connectivity index (χ4n) is 9.45. The second-order valence-corrected chi connectivity index (χ2v) is 60.6. The van der Waals surface area contributed by atoms with Crippen LogP contribution >= 0.6 is 17.0 Å². The van der Waals surface area contributed by atoms with Gasteiger partial charge in [-0.25, -0.2) is 0 Å². The van der Waals surface area contributed by atoms with E-state index < -0.39 is 21.5 Å². The normalized spacial score (nSPS) is 19.9. The van der Waals surface area contributed by atoms with E-state index in [1.165, 1.54) is 72.3 Å². The van der Waals surface area contributed by atoms with Gasteiger partial charge in [-0.2, -0.15) is 0 Å². The predicted molar refractivity (Wildman–Crippen MR) is 225 cm³/mol. The first-order valence-corrected chi connectivity index (χ1v) is 35.3. The topological polar surface area (TPSA) is 0 Å². The van der Waals surface area contributed by atoms with Crippen LogP contribution in [0.4, 0.5) is 0 Å². The molecule has 0 aliphatic heterocycles. The maximum atomic E-state index is 8.81. The van der Waals surface area contributed by atoms with Gasteiger partial charge in [0.2, 0.25) is 0 Å². The van der Waals surface area contributed by atoms with Crippen LogP contribution in [-0.2, 0) is 26.4 Å². The minimum atomic E-state index is -4.91. The molecule has 0 saturated heterocycles. The Labute approximate surface area is 316 Å². The number of benzene rings is 4. The Hall–Kier alpha value is -2.22. The Morgan fingerprint density at radius 2 is 1.16 bits per heavy atom. The van der Waals surface area contributed by atoms with E-state index in [1.54, 1.807) is 0 Å². The molecule has 4 aromatic rings. The van der Waals surface area contributed by atoms with Crippen molar-refractivity contribution in [3.8, 4) is 22.3 Å². The summed E-state index contributed by atoms with van der Waals surface area (Å²) in [5.74, 6) is -1.23. The first kappa shape index (κ1) is 37.1. The monoisotopic (exact) mass is 807 g/mol. The standard InChI is InChI=1S/C24H25.C21H23.C2H7Si.2ClH.Zr/c1-24(2,3)21-13-11-18(12-14-21)22-10-6-9-19-15-20(16-23(19)22)17-7-4-5-8-17;1-14-12-19-15(2)6-11-18(20(19)13-14)16-7-9-17(10-8-16)21(3,4)5;1-3-2;;;/h4-6,9-17H,7-8H2,1-3H3;6-13H,1-5H3;3H,1-2H3;2*1H;/q;;;;;+2/p-2. The van der Waals surface area contributed by atoms with Gasteiger partial charge in [-0.15, -0.1) is 0 Å². The molecule has 265 valence electrons. The Balaban J connectivity index is 1.42. The van der Waals surface area contributed by atoms with E-state index in [2.05, 4.69) is 172 Å². The molecule has 0 amide bonds. The van der Waals surface area contributed by atoms with Crippen molar-refractivity contribution in [2.45, 2.75) is 99.4 Å². The van der Waals surface area contributed by atoms with E-state index in [4.69, 9.17) is 17.0 Å². The first-order valence-electron chi connectivity index (χ1n) is 19.0. The number of halogens is 2. The molecular weight excluding hydrogens is 755 g/mol. The first-order chi connectivity index (χ1) is 23.9. The minimum absolute atomic E-state index is 0.0775. The van der Waals surface area contributed by atoms with Crippen molar-refractivity contribution in [2.24, 2.45) is 5.92 Å². The second-order valence-electron chi connectivity index (χ2n) is 18.1. The third-order valence-electron chi connectivity index (χ3n) is 12.5. The van der Waals surface area contributed by atoms with Crippen LogP contribution in [0.15, 0.2) is 102 Å². The molecule has 0 N–H and O–H groups in total. The van der Waals surface area contributed by atoms with Gasteiger partial charge in [0.1, 0.15) is 0 Å². The van der Waals surface area contributed by atoms with Gasteiger partial charge in [0.05, 0.1) is 0 Å². The molecular formula is C47H55Cl2SiZr. The van der Waals surface area contributed by atoms with Crippen LogP contribution in [0.25, 0.3) is 34.4 Å². The van der Waals surface area contributed by atoms with E-state index in [-0.39, 0.29) is 18.1 Å². The summed E-state index contributed by atoms with van der Waals surface area (Å²) >= 11 is -4.91. The number of allylic oxidation sites excluding steroid dienone is 4. The average molecular weight is 810 g/mol. The molecule has 0 bridgehead atoms. The van der Waals surface area contributed by atoms with Gasteiger partial charge in [0.25, 0.3) is 0 Å². The van der Waals surface area contributed by atoms with E-state index in [9.17, 15) is 0 Å². The van der Waals surface area contributed by atoms with Crippen LogP contribution in [0.3, 0.4) is 0 Å². The average Bonchev–Trinajstić information content (AvgIpc) is 3.82. The van der Waals surface area contributed by atoms with Crippen LogP contribution < -0.4 is 0 Å². The Kier molecular flexibility index (Phi) is 9.44. The maximum absolute atomic E-state index is 8.81. The van der Waals surface area contributed by atoms with Gasteiger partial charge in [-0.1, -0.05) is 0 Å². The molecule has 4 aromatic carbocycles. The van der Waals surface area contributed by atoms with Crippen molar-refractivity contribution >= 4 is 35.1 Å². The molecule has 3 aliphatic carbocycles.